The van der Waals surface area contributed by atoms with Crippen molar-refractivity contribution in [2.75, 3.05) is 5.73 Å². The Kier molecular flexibility index (Phi) is 2.71. The minimum atomic E-state index is -0.269. The number of nitrogen functional groups attached to an aromatic ring is 1. The van der Waals surface area contributed by atoms with Gasteiger partial charge in [0.2, 0.25) is 0 Å². The summed E-state index contributed by atoms with van der Waals surface area (Å²) in [6.07, 6.45) is 1.57. The summed E-state index contributed by atoms with van der Waals surface area (Å²) in [5, 5.41) is 4.00. The van der Waals surface area contributed by atoms with Crippen molar-refractivity contribution in [1.82, 2.24) is 9.78 Å². The fourth-order valence-electron chi connectivity index (χ4n) is 1.52. The summed E-state index contributed by atoms with van der Waals surface area (Å²) >= 11 is 3.28. The standard InChI is InChI=1S/C11H11BrFN3/c1-6-9(12)4-3-7(10(6)13)8-5-15-16(2)11(8)14/h3-5H,14H2,1-2H3. The first-order valence-electron chi connectivity index (χ1n) is 4.75. The van der Waals surface area contributed by atoms with Crippen molar-refractivity contribution in [3.8, 4) is 11.1 Å². The molecule has 16 heavy (non-hydrogen) atoms. The lowest BCUT2D eigenvalue weighted by Gasteiger charge is -2.06. The lowest BCUT2D eigenvalue weighted by atomic mass is 10.1. The molecule has 0 amide bonds. The van der Waals surface area contributed by atoms with Gasteiger partial charge in [0, 0.05) is 22.6 Å². The predicted octanol–water partition coefficient (Wildman–Crippen LogP) is 2.88. The number of nitrogens with zero attached hydrogens (tertiary/aromatic N) is 2. The molecule has 0 unspecified atom stereocenters. The number of benzene rings is 1. The van der Waals surface area contributed by atoms with Crippen molar-refractivity contribution in [1.29, 1.82) is 0 Å². The van der Waals surface area contributed by atoms with Crippen LogP contribution in [0.3, 0.4) is 0 Å². The zero-order valence-electron chi connectivity index (χ0n) is 8.96. The molecule has 0 fully saturated rings. The number of aromatic nitrogens is 2. The maximum absolute atomic E-state index is 14.0. The number of nitrogens with two attached hydrogens (primary N) is 1. The molecule has 2 rings (SSSR count). The molecule has 2 aromatic rings. The minimum Gasteiger partial charge on any atom is -0.383 e. The van der Waals surface area contributed by atoms with Gasteiger partial charge in [0.05, 0.1) is 6.20 Å². The summed E-state index contributed by atoms with van der Waals surface area (Å²) < 4.78 is 16.3. The molecule has 0 bridgehead atoms. The van der Waals surface area contributed by atoms with E-state index < -0.39 is 0 Å². The van der Waals surface area contributed by atoms with Gasteiger partial charge in [-0.2, -0.15) is 5.10 Å². The summed E-state index contributed by atoms with van der Waals surface area (Å²) in [6.45, 7) is 1.72. The second-order valence-electron chi connectivity index (χ2n) is 3.60. The number of anilines is 1. The highest BCUT2D eigenvalue weighted by atomic mass is 79.9. The van der Waals surface area contributed by atoms with Gasteiger partial charge < -0.3 is 5.73 Å². The maximum Gasteiger partial charge on any atom is 0.135 e. The third-order valence-corrected chi connectivity index (χ3v) is 3.45. The van der Waals surface area contributed by atoms with Crippen LogP contribution < -0.4 is 5.73 Å². The Morgan fingerprint density at radius 3 is 2.62 bits per heavy atom. The van der Waals surface area contributed by atoms with Crippen molar-refractivity contribution < 1.29 is 4.39 Å². The lowest BCUT2D eigenvalue weighted by molar-refractivity contribution is 0.621. The quantitative estimate of drug-likeness (QED) is 0.875. The van der Waals surface area contributed by atoms with Gasteiger partial charge >= 0.3 is 0 Å². The van der Waals surface area contributed by atoms with E-state index in [0.717, 1.165) is 4.47 Å². The van der Waals surface area contributed by atoms with Crippen LogP contribution in [0.25, 0.3) is 11.1 Å². The van der Waals surface area contributed by atoms with Crippen LogP contribution >= 0.6 is 15.9 Å². The van der Waals surface area contributed by atoms with Crippen LogP contribution in [-0.4, -0.2) is 9.78 Å². The van der Waals surface area contributed by atoms with Gasteiger partial charge in [-0.25, -0.2) is 4.39 Å². The fraction of sp³-hybridized carbons (Fsp3) is 0.182. The molecule has 1 aromatic heterocycles. The molecule has 5 heteroatoms. The molecular weight excluding hydrogens is 273 g/mol. The summed E-state index contributed by atoms with van der Waals surface area (Å²) in [5.41, 5.74) is 7.48. The van der Waals surface area contributed by atoms with E-state index in [4.69, 9.17) is 5.73 Å². The van der Waals surface area contributed by atoms with E-state index in [1.54, 1.807) is 32.3 Å². The zero-order valence-corrected chi connectivity index (χ0v) is 10.5. The summed E-state index contributed by atoms with van der Waals surface area (Å²) in [4.78, 5) is 0. The third-order valence-electron chi connectivity index (χ3n) is 2.60. The van der Waals surface area contributed by atoms with Crippen LogP contribution in [0.4, 0.5) is 10.2 Å². The molecule has 0 aliphatic rings. The molecule has 0 spiro atoms. The first-order chi connectivity index (χ1) is 7.52. The van der Waals surface area contributed by atoms with Gasteiger partial charge in [0.1, 0.15) is 11.6 Å². The van der Waals surface area contributed by atoms with Crippen molar-refractivity contribution in [2.45, 2.75) is 6.92 Å². The van der Waals surface area contributed by atoms with E-state index in [1.807, 2.05) is 0 Å². The Morgan fingerprint density at radius 1 is 1.38 bits per heavy atom. The molecule has 0 aliphatic heterocycles. The topological polar surface area (TPSA) is 43.8 Å². The van der Waals surface area contributed by atoms with Crippen LogP contribution in [-0.2, 0) is 7.05 Å². The first kappa shape index (κ1) is 11.1. The number of aryl methyl sites for hydroxylation is 1. The minimum absolute atomic E-state index is 0.269. The van der Waals surface area contributed by atoms with Gasteiger partial charge in [-0.1, -0.05) is 22.0 Å². The monoisotopic (exact) mass is 283 g/mol. The maximum atomic E-state index is 14.0. The molecule has 0 radical (unpaired) electrons. The summed E-state index contributed by atoms with van der Waals surface area (Å²) in [5.74, 6) is 0.190. The lowest BCUT2D eigenvalue weighted by Crippen LogP contribution is -1.99. The van der Waals surface area contributed by atoms with Gasteiger partial charge in [-0.05, 0) is 18.6 Å². The molecule has 0 atom stereocenters. The van der Waals surface area contributed by atoms with E-state index >= 15 is 0 Å². The van der Waals surface area contributed by atoms with Gasteiger partial charge in [0.15, 0.2) is 0 Å². The Bertz CT molecular complexity index is 548. The molecule has 0 aliphatic carbocycles. The van der Waals surface area contributed by atoms with Crippen molar-refractivity contribution in [3.05, 3.63) is 34.2 Å². The van der Waals surface area contributed by atoms with E-state index in [9.17, 15) is 4.39 Å². The number of hydrogen-bond donors (Lipinski definition) is 1. The van der Waals surface area contributed by atoms with Crippen LogP contribution in [0.2, 0.25) is 0 Å². The molecule has 1 heterocycles. The van der Waals surface area contributed by atoms with Crippen LogP contribution in [0.1, 0.15) is 5.56 Å². The highest BCUT2D eigenvalue weighted by Crippen LogP contribution is 2.31. The van der Waals surface area contributed by atoms with Crippen LogP contribution in [0.15, 0.2) is 22.8 Å². The van der Waals surface area contributed by atoms with E-state index in [0.29, 0.717) is 22.5 Å². The number of rotatable bonds is 1. The fourth-order valence-corrected chi connectivity index (χ4v) is 1.83. The van der Waals surface area contributed by atoms with Gasteiger partial charge in [-0.3, -0.25) is 4.68 Å². The van der Waals surface area contributed by atoms with Crippen molar-refractivity contribution >= 4 is 21.7 Å². The SMILES string of the molecule is Cc1c(Br)ccc(-c2cnn(C)c2N)c1F. The van der Waals surface area contributed by atoms with Crippen molar-refractivity contribution in [2.24, 2.45) is 7.05 Å². The summed E-state index contributed by atoms with van der Waals surface area (Å²) in [6, 6.07) is 3.50. The van der Waals surface area contributed by atoms with E-state index in [2.05, 4.69) is 21.0 Å². The number of hydrogen-bond acceptors (Lipinski definition) is 2. The molecule has 84 valence electrons. The zero-order chi connectivity index (χ0) is 11.9. The second-order valence-corrected chi connectivity index (χ2v) is 4.46. The average molecular weight is 284 g/mol. The van der Waals surface area contributed by atoms with Gasteiger partial charge in [0.25, 0.3) is 0 Å². The Balaban J connectivity index is 2.66. The summed E-state index contributed by atoms with van der Waals surface area (Å²) in [7, 11) is 1.72. The Morgan fingerprint density at radius 2 is 2.06 bits per heavy atom. The average Bonchev–Trinajstić information content (AvgIpc) is 2.58. The van der Waals surface area contributed by atoms with Gasteiger partial charge in [-0.15, -0.1) is 0 Å². The molecule has 0 saturated carbocycles. The normalized spacial score (nSPS) is 10.8. The molecule has 1 aromatic carbocycles. The largest absolute Gasteiger partial charge is 0.383 e. The molecule has 2 N–H and O–H groups in total. The number of halogens is 2. The first-order valence-corrected chi connectivity index (χ1v) is 5.54. The Labute approximate surface area is 101 Å². The van der Waals surface area contributed by atoms with E-state index in [-0.39, 0.29) is 5.82 Å². The highest BCUT2D eigenvalue weighted by Gasteiger charge is 2.14. The molecular formula is C11H11BrFN3. The van der Waals surface area contributed by atoms with Crippen LogP contribution in [0, 0.1) is 12.7 Å². The van der Waals surface area contributed by atoms with Crippen LogP contribution in [0.5, 0.6) is 0 Å². The highest BCUT2D eigenvalue weighted by molar-refractivity contribution is 9.10. The van der Waals surface area contributed by atoms with E-state index in [1.165, 1.54) is 4.68 Å². The second kappa shape index (κ2) is 3.90. The third kappa shape index (κ3) is 1.61. The Hall–Kier alpha value is -1.36. The predicted molar refractivity (Wildman–Crippen MR) is 65.5 cm³/mol. The molecule has 3 nitrogen and oxygen atoms in total. The smallest absolute Gasteiger partial charge is 0.135 e. The van der Waals surface area contributed by atoms with Crippen molar-refractivity contribution in [3.63, 3.8) is 0 Å². The molecule has 0 saturated heterocycles.